The minimum absolute atomic E-state index is 0.304. The maximum atomic E-state index is 9.27. The summed E-state index contributed by atoms with van der Waals surface area (Å²) in [5.41, 5.74) is 4.73. The fraction of sp³-hybridized carbons (Fsp3) is 1.00. The molecule has 0 saturated heterocycles. The largest absolute Gasteiger partial charge is 0.397 e. The maximum absolute atomic E-state index is 9.27. The van der Waals surface area contributed by atoms with Crippen molar-refractivity contribution >= 4 is 8.80 Å². The molecule has 0 aliphatic heterocycles. The van der Waals surface area contributed by atoms with E-state index in [0.29, 0.717) is 6.54 Å². The number of aliphatic hydroxyl groups is 2. The third-order valence-corrected chi connectivity index (χ3v) is 5.53. The minimum atomic E-state index is -1.37. The molecule has 0 amide bonds. The highest BCUT2D eigenvalue weighted by molar-refractivity contribution is 6.61. The van der Waals surface area contributed by atoms with Crippen molar-refractivity contribution in [1.82, 2.24) is 0 Å². The molecule has 0 aromatic carbocycles. The van der Waals surface area contributed by atoms with E-state index < -0.39 is 8.80 Å². The topological polar surface area (TPSA) is 66.5 Å². The van der Waals surface area contributed by atoms with Crippen molar-refractivity contribution in [3.05, 3.63) is 0 Å². The number of rotatable bonds is 5. The van der Waals surface area contributed by atoms with Crippen LogP contribution in [0.5, 0.6) is 0 Å². The van der Waals surface area contributed by atoms with Crippen LogP contribution in [0.1, 0.15) is 20.3 Å². The first-order valence-electron chi connectivity index (χ1n) is 4.15. The van der Waals surface area contributed by atoms with Crippen molar-refractivity contribution in [2.45, 2.75) is 37.8 Å². The van der Waals surface area contributed by atoms with Gasteiger partial charge in [-0.2, -0.15) is 0 Å². The van der Waals surface area contributed by atoms with Gasteiger partial charge in [-0.3, -0.25) is 0 Å². The summed E-state index contributed by atoms with van der Waals surface area (Å²) in [7, 11) is -1.37. The maximum Gasteiger partial charge on any atom is 0.104 e. The van der Waals surface area contributed by atoms with Gasteiger partial charge in [0.25, 0.3) is 0 Å². The predicted molar refractivity (Wildman–Crippen MR) is 49.0 cm³/mol. The lowest BCUT2D eigenvalue weighted by atomic mass is 10.5. The summed E-state index contributed by atoms with van der Waals surface area (Å²) in [5, 5.41) is 18.5. The normalized spacial score (nSPS) is 19.4. The van der Waals surface area contributed by atoms with Crippen molar-refractivity contribution in [2.24, 2.45) is 5.73 Å². The third-order valence-electron chi connectivity index (χ3n) is 1.98. The van der Waals surface area contributed by atoms with Crippen LogP contribution in [0, 0.1) is 0 Å². The fourth-order valence-corrected chi connectivity index (χ4v) is 3.72. The van der Waals surface area contributed by atoms with Gasteiger partial charge in [0.1, 0.15) is 8.80 Å². The molecule has 0 aromatic heterocycles. The van der Waals surface area contributed by atoms with Crippen LogP contribution in [0.3, 0.4) is 0 Å². The molecular formula is C7H19NO2Si. The zero-order chi connectivity index (χ0) is 8.85. The Morgan fingerprint density at radius 2 is 1.73 bits per heavy atom. The van der Waals surface area contributed by atoms with Gasteiger partial charge in [-0.15, -0.1) is 0 Å². The molecule has 0 radical (unpaired) electrons. The molecule has 11 heavy (non-hydrogen) atoms. The van der Waals surface area contributed by atoms with E-state index in [1.165, 1.54) is 0 Å². The van der Waals surface area contributed by atoms with Crippen LogP contribution >= 0.6 is 0 Å². The SMILES string of the molecule is CC(O)[SiH](CCCN)C(C)O. The second-order valence-corrected chi connectivity index (χ2v) is 6.91. The molecule has 2 atom stereocenters. The first kappa shape index (κ1) is 11.1. The van der Waals surface area contributed by atoms with E-state index in [9.17, 15) is 10.2 Å². The smallest absolute Gasteiger partial charge is 0.104 e. The summed E-state index contributed by atoms with van der Waals surface area (Å²) in [4.78, 5) is 0. The van der Waals surface area contributed by atoms with E-state index in [-0.39, 0.29) is 11.5 Å². The summed E-state index contributed by atoms with van der Waals surface area (Å²) >= 11 is 0. The van der Waals surface area contributed by atoms with E-state index in [2.05, 4.69) is 0 Å². The van der Waals surface area contributed by atoms with E-state index in [1.54, 1.807) is 13.8 Å². The molecule has 0 heterocycles. The lowest BCUT2D eigenvalue weighted by Crippen LogP contribution is -2.39. The Bertz CT molecular complexity index is 90.4. The van der Waals surface area contributed by atoms with Gasteiger partial charge in [0.05, 0.1) is 0 Å². The summed E-state index contributed by atoms with van der Waals surface area (Å²) < 4.78 is 0. The average molecular weight is 177 g/mol. The summed E-state index contributed by atoms with van der Waals surface area (Å²) in [6.45, 7) is 4.18. The van der Waals surface area contributed by atoms with Crippen LogP contribution in [0.2, 0.25) is 6.04 Å². The van der Waals surface area contributed by atoms with Gasteiger partial charge in [0, 0.05) is 11.5 Å². The molecule has 2 unspecified atom stereocenters. The molecule has 0 aliphatic rings. The van der Waals surface area contributed by atoms with Crippen LogP contribution < -0.4 is 5.73 Å². The first-order valence-corrected chi connectivity index (χ1v) is 6.30. The zero-order valence-corrected chi connectivity index (χ0v) is 8.48. The minimum Gasteiger partial charge on any atom is -0.397 e. The second-order valence-electron chi connectivity index (χ2n) is 3.08. The van der Waals surface area contributed by atoms with Crippen molar-refractivity contribution in [1.29, 1.82) is 0 Å². The highest BCUT2D eigenvalue weighted by atomic mass is 28.3. The Kier molecular flexibility index (Phi) is 5.76. The third kappa shape index (κ3) is 4.52. The summed E-state index contributed by atoms with van der Waals surface area (Å²) in [6, 6.07) is 0.936. The van der Waals surface area contributed by atoms with Gasteiger partial charge in [-0.25, -0.2) is 0 Å². The average Bonchev–Trinajstić information content (AvgIpc) is 1.87. The second kappa shape index (κ2) is 5.71. The van der Waals surface area contributed by atoms with Gasteiger partial charge in [-0.05, 0) is 26.8 Å². The molecule has 4 heteroatoms. The Morgan fingerprint density at radius 3 is 2.00 bits per heavy atom. The van der Waals surface area contributed by atoms with Crippen molar-refractivity contribution < 1.29 is 10.2 Å². The Morgan fingerprint density at radius 1 is 1.27 bits per heavy atom. The molecule has 0 bridgehead atoms. The molecule has 0 saturated carbocycles. The van der Waals surface area contributed by atoms with Crippen LogP contribution in [0.15, 0.2) is 0 Å². The molecule has 68 valence electrons. The molecule has 4 N–H and O–H groups in total. The number of aliphatic hydroxyl groups excluding tert-OH is 2. The Labute approximate surface area is 69.8 Å². The molecular weight excluding hydrogens is 158 g/mol. The van der Waals surface area contributed by atoms with Crippen molar-refractivity contribution in [3.8, 4) is 0 Å². The van der Waals surface area contributed by atoms with Gasteiger partial charge >= 0.3 is 0 Å². The highest BCUT2D eigenvalue weighted by Gasteiger charge is 2.21. The monoisotopic (exact) mass is 177 g/mol. The Balaban J connectivity index is 3.70. The molecule has 0 spiro atoms. The van der Waals surface area contributed by atoms with Crippen LogP contribution in [-0.4, -0.2) is 37.0 Å². The Hall–Kier alpha value is 0.0969. The van der Waals surface area contributed by atoms with Crippen molar-refractivity contribution in [2.75, 3.05) is 6.54 Å². The summed E-state index contributed by atoms with van der Waals surface area (Å²) in [5.74, 6) is 0. The van der Waals surface area contributed by atoms with Gasteiger partial charge in [0.2, 0.25) is 0 Å². The van der Waals surface area contributed by atoms with Gasteiger partial charge in [0.15, 0.2) is 0 Å². The molecule has 0 aromatic rings. The number of hydrogen-bond acceptors (Lipinski definition) is 3. The quantitative estimate of drug-likeness (QED) is 0.491. The van der Waals surface area contributed by atoms with E-state index in [1.807, 2.05) is 0 Å². The standard InChI is InChI=1S/C7H19NO2Si/c1-6(9)11(7(2)10)5-3-4-8/h6-7,9-11H,3-5,8H2,1-2H3. The molecule has 0 aliphatic carbocycles. The number of hydrogen-bond donors (Lipinski definition) is 3. The number of nitrogens with two attached hydrogens (primary N) is 1. The fourth-order valence-electron chi connectivity index (χ4n) is 1.24. The predicted octanol–water partition coefficient (Wildman–Crippen LogP) is -0.598. The zero-order valence-electron chi connectivity index (χ0n) is 7.33. The van der Waals surface area contributed by atoms with Crippen LogP contribution in [0.25, 0.3) is 0 Å². The lowest BCUT2D eigenvalue weighted by molar-refractivity contribution is 0.225. The van der Waals surface area contributed by atoms with Crippen molar-refractivity contribution in [3.63, 3.8) is 0 Å². The molecule has 0 rings (SSSR count). The van der Waals surface area contributed by atoms with Crippen LogP contribution in [0.4, 0.5) is 0 Å². The molecule has 3 nitrogen and oxygen atoms in total. The van der Waals surface area contributed by atoms with Gasteiger partial charge in [-0.1, -0.05) is 6.04 Å². The van der Waals surface area contributed by atoms with Crippen LogP contribution in [-0.2, 0) is 0 Å². The highest BCUT2D eigenvalue weighted by Crippen LogP contribution is 2.06. The summed E-state index contributed by atoms with van der Waals surface area (Å²) in [6.07, 6.45) is 0.923. The van der Waals surface area contributed by atoms with E-state index in [0.717, 1.165) is 12.5 Å². The van der Waals surface area contributed by atoms with E-state index in [4.69, 9.17) is 5.73 Å². The first-order chi connectivity index (χ1) is 5.09. The molecule has 0 fully saturated rings. The lowest BCUT2D eigenvalue weighted by Gasteiger charge is -2.20. The van der Waals surface area contributed by atoms with Gasteiger partial charge < -0.3 is 15.9 Å². The van der Waals surface area contributed by atoms with E-state index >= 15 is 0 Å².